The maximum absolute atomic E-state index is 12.2. The van der Waals surface area contributed by atoms with Gasteiger partial charge in [-0.3, -0.25) is 14.5 Å². The Labute approximate surface area is 174 Å². The van der Waals surface area contributed by atoms with Crippen molar-refractivity contribution < 1.29 is 0 Å². The standard InChI is InChI=1S/C19H14ClN7OS/c1-2-7-26-18(12-3-5-14(20)6-4-12)24-25-19(26)29-11-15-8-16(28)27-17(23-15)13(9-21)10-22-27/h2-6,8,10,22H,1,7,11H2. The Hall–Kier alpha value is -3.35. The molecule has 0 atom stereocenters. The van der Waals surface area contributed by atoms with E-state index >= 15 is 0 Å². The average molecular weight is 424 g/mol. The summed E-state index contributed by atoms with van der Waals surface area (Å²) in [5.41, 5.74) is 1.79. The number of thioether (sulfide) groups is 1. The summed E-state index contributed by atoms with van der Waals surface area (Å²) in [6.07, 6.45) is 3.22. The molecule has 1 N–H and O–H groups in total. The molecule has 3 heterocycles. The van der Waals surface area contributed by atoms with Gasteiger partial charge in [0.1, 0.15) is 11.6 Å². The van der Waals surface area contributed by atoms with Gasteiger partial charge in [-0.15, -0.1) is 16.8 Å². The average Bonchev–Trinajstić information content (AvgIpc) is 3.31. The van der Waals surface area contributed by atoms with Crippen LogP contribution in [0, 0.1) is 11.3 Å². The Morgan fingerprint density at radius 3 is 2.83 bits per heavy atom. The van der Waals surface area contributed by atoms with Crippen LogP contribution in [0.25, 0.3) is 17.0 Å². The van der Waals surface area contributed by atoms with Crippen molar-refractivity contribution in [3.8, 4) is 17.5 Å². The SMILES string of the molecule is C=CCn1c(SCc2cc(=O)n3[nH]cc(C#N)c3n2)nnc1-c1ccc(Cl)cc1. The van der Waals surface area contributed by atoms with Crippen molar-refractivity contribution >= 4 is 29.0 Å². The summed E-state index contributed by atoms with van der Waals surface area (Å²) in [6.45, 7) is 4.33. The van der Waals surface area contributed by atoms with Gasteiger partial charge in [0.25, 0.3) is 5.56 Å². The number of hydrogen-bond acceptors (Lipinski definition) is 6. The van der Waals surface area contributed by atoms with Crippen molar-refractivity contribution in [2.45, 2.75) is 17.5 Å². The van der Waals surface area contributed by atoms with Crippen LogP contribution in [0.1, 0.15) is 11.3 Å². The van der Waals surface area contributed by atoms with Gasteiger partial charge in [0.05, 0.1) is 5.69 Å². The van der Waals surface area contributed by atoms with Crippen molar-refractivity contribution in [3.63, 3.8) is 0 Å². The van der Waals surface area contributed by atoms with Gasteiger partial charge in [-0.25, -0.2) is 9.50 Å². The lowest BCUT2D eigenvalue weighted by Crippen LogP contribution is -2.15. The molecule has 0 spiro atoms. The summed E-state index contributed by atoms with van der Waals surface area (Å²) in [5.74, 6) is 1.10. The molecule has 4 aromatic rings. The molecule has 3 aromatic heterocycles. The highest BCUT2D eigenvalue weighted by atomic mass is 35.5. The van der Waals surface area contributed by atoms with Crippen LogP contribution in [0.15, 0.2) is 59.1 Å². The number of rotatable bonds is 6. The monoisotopic (exact) mass is 423 g/mol. The number of aromatic amines is 1. The number of aromatic nitrogens is 6. The minimum atomic E-state index is -0.276. The molecule has 1 aromatic carbocycles. The molecule has 0 fully saturated rings. The van der Waals surface area contributed by atoms with Crippen molar-refractivity contribution in [3.05, 3.63) is 75.8 Å². The molecule has 0 aliphatic carbocycles. The molecule has 10 heteroatoms. The largest absolute Gasteiger partial charge is 0.298 e. The number of allylic oxidation sites excluding steroid dienone is 1. The normalized spacial score (nSPS) is 10.9. The Kier molecular flexibility index (Phi) is 5.20. The first-order valence-electron chi connectivity index (χ1n) is 8.53. The number of hydrogen-bond donors (Lipinski definition) is 1. The zero-order valence-corrected chi connectivity index (χ0v) is 16.6. The van der Waals surface area contributed by atoms with E-state index in [1.54, 1.807) is 18.2 Å². The molecule has 0 bridgehead atoms. The van der Waals surface area contributed by atoms with E-state index in [1.165, 1.54) is 28.5 Å². The highest BCUT2D eigenvalue weighted by Gasteiger charge is 2.15. The third-order valence-corrected chi connectivity index (χ3v) is 5.40. The van der Waals surface area contributed by atoms with E-state index in [-0.39, 0.29) is 5.56 Å². The van der Waals surface area contributed by atoms with Gasteiger partial charge in [-0.1, -0.05) is 29.4 Å². The number of halogens is 1. The minimum absolute atomic E-state index is 0.276. The fraction of sp³-hybridized carbons (Fsp3) is 0.105. The minimum Gasteiger partial charge on any atom is -0.298 e. The lowest BCUT2D eigenvalue weighted by molar-refractivity contribution is 0.731. The Bertz CT molecular complexity index is 1300. The van der Waals surface area contributed by atoms with Gasteiger partial charge in [0, 0.05) is 35.1 Å². The van der Waals surface area contributed by atoms with Crippen molar-refractivity contribution in [1.29, 1.82) is 5.26 Å². The van der Waals surface area contributed by atoms with Crippen LogP contribution < -0.4 is 5.56 Å². The van der Waals surface area contributed by atoms with E-state index in [0.717, 1.165) is 5.56 Å². The summed E-state index contributed by atoms with van der Waals surface area (Å²) < 4.78 is 3.18. The van der Waals surface area contributed by atoms with Crippen LogP contribution in [-0.2, 0) is 12.3 Å². The predicted molar refractivity (Wildman–Crippen MR) is 111 cm³/mol. The molecular formula is C19H14ClN7OS. The summed E-state index contributed by atoms with van der Waals surface area (Å²) in [4.78, 5) is 16.7. The zero-order chi connectivity index (χ0) is 20.4. The molecule has 0 aliphatic rings. The van der Waals surface area contributed by atoms with Gasteiger partial charge in [-0.2, -0.15) is 5.26 Å². The van der Waals surface area contributed by atoms with Crippen LogP contribution in [0.2, 0.25) is 5.02 Å². The molecule has 0 aliphatic heterocycles. The van der Waals surface area contributed by atoms with Gasteiger partial charge in [0.2, 0.25) is 0 Å². The quantitative estimate of drug-likeness (QED) is 0.377. The second-order valence-corrected chi connectivity index (χ2v) is 7.42. The van der Waals surface area contributed by atoms with E-state index in [0.29, 0.717) is 45.2 Å². The third-order valence-electron chi connectivity index (χ3n) is 4.15. The predicted octanol–water partition coefficient (Wildman–Crippen LogP) is 3.28. The number of benzene rings is 1. The van der Waals surface area contributed by atoms with Crippen LogP contribution in [0.3, 0.4) is 0 Å². The Morgan fingerprint density at radius 2 is 2.10 bits per heavy atom. The van der Waals surface area contributed by atoms with E-state index in [2.05, 4.69) is 26.9 Å². The zero-order valence-electron chi connectivity index (χ0n) is 15.0. The van der Waals surface area contributed by atoms with Gasteiger partial charge >= 0.3 is 0 Å². The molecule has 8 nitrogen and oxygen atoms in total. The molecule has 0 amide bonds. The first-order chi connectivity index (χ1) is 14.1. The number of nitrogens with one attached hydrogen (secondary N) is 1. The van der Waals surface area contributed by atoms with E-state index in [4.69, 9.17) is 16.9 Å². The maximum Gasteiger partial charge on any atom is 0.272 e. The third kappa shape index (κ3) is 3.68. The van der Waals surface area contributed by atoms with Crippen LogP contribution >= 0.6 is 23.4 Å². The Balaban J connectivity index is 1.64. The van der Waals surface area contributed by atoms with Gasteiger partial charge < -0.3 is 0 Å². The molecular weight excluding hydrogens is 410 g/mol. The highest BCUT2D eigenvalue weighted by Crippen LogP contribution is 2.27. The highest BCUT2D eigenvalue weighted by molar-refractivity contribution is 7.98. The first-order valence-corrected chi connectivity index (χ1v) is 9.90. The van der Waals surface area contributed by atoms with Crippen molar-refractivity contribution in [2.75, 3.05) is 0 Å². The van der Waals surface area contributed by atoms with E-state index in [9.17, 15) is 4.79 Å². The second kappa shape index (κ2) is 7.95. The fourth-order valence-corrected chi connectivity index (χ4v) is 3.79. The number of nitrogens with zero attached hydrogens (tertiary/aromatic N) is 6. The molecule has 29 heavy (non-hydrogen) atoms. The van der Waals surface area contributed by atoms with Gasteiger partial charge in [-0.05, 0) is 24.3 Å². The lowest BCUT2D eigenvalue weighted by Gasteiger charge is -2.08. The number of H-pyrrole nitrogens is 1. The molecule has 0 saturated carbocycles. The van der Waals surface area contributed by atoms with Gasteiger partial charge in [0.15, 0.2) is 16.6 Å². The summed E-state index contributed by atoms with van der Waals surface area (Å²) in [7, 11) is 0. The molecule has 0 saturated heterocycles. The molecule has 144 valence electrons. The van der Waals surface area contributed by atoms with E-state index in [1.807, 2.05) is 22.8 Å². The van der Waals surface area contributed by atoms with Crippen molar-refractivity contribution in [1.82, 2.24) is 29.4 Å². The lowest BCUT2D eigenvalue weighted by atomic mass is 10.2. The maximum atomic E-state index is 12.2. The number of fused-ring (bicyclic) bond motifs is 1. The summed E-state index contributed by atoms with van der Waals surface area (Å²) in [6, 6.07) is 10.8. The van der Waals surface area contributed by atoms with Crippen molar-refractivity contribution in [2.24, 2.45) is 0 Å². The molecule has 0 radical (unpaired) electrons. The Morgan fingerprint density at radius 1 is 1.31 bits per heavy atom. The topological polar surface area (TPSA) is 105 Å². The molecule has 4 rings (SSSR count). The number of nitriles is 1. The van der Waals surface area contributed by atoms with Crippen LogP contribution in [0.4, 0.5) is 0 Å². The summed E-state index contributed by atoms with van der Waals surface area (Å²) in [5, 5.41) is 21.8. The summed E-state index contributed by atoms with van der Waals surface area (Å²) >= 11 is 7.37. The smallest absolute Gasteiger partial charge is 0.272 e. The fourth-order valence-electron chi connectivity index (χ4n) is 2.83. The van der Waals surface area contributed by atoms with Crippen LogP contribution in [0.5, 0.6) is 0 Å². The molecule has 0 unspecified atom stereocenters. The van der Waals surface area contributed by atoms with E-state index < -0.39 is 0 Å². The van der Waals surface area contributed by atoms with Crippen LogP contribution in [-0.4, -0.2) is 29.4 Å². The first kappa shape index (κ1) is 19.0. The second-order valence-electron chi connectivity index (χ2n) is 6.04.